The highest BCUT2D eigenvalue weighted by atomic mass is 16.7. The van der Waals surface area contributed by atoms with Crippen LogP contribution in [0.1, 0.15) is 31.2 Å². The molecule has 1 aliphatic carbocycles. The predicted octanol–water partition coefficient (Wildman–Crippen LogP) is 1.81. The van der Waals surface area contributed by atoms with Crippen LogP contribution >= 0.6 is 0 Å². The van der Waals surface area contributed by atoms with Crippen LogP contribution in [0.25, 0.3) is 0 Å². The van der Waals surface area contributed by atoms with E-state index in [9.17, 15) is 5.11 Å². The van der Waals surface area contributed by atoms with Crippen molar-refractivity contribution in [1.29, 1.82) is 0 Å². The van der Waals surface area contributed by atoms with Gasteiger partial charge in [0.05, 0.1) is 6.10 Å². The van der Waals surface area contributed by atoms with Crippen molar-refractivity contribution < 1.29 is 14.6 Å². The lowest BCUT2D eigenvalue weighted by molar-refractivity contribution is 0.0900. The largest absolute Gasteiger partial charge is 0.454 e. The lowest BCUT2D eigenvalue weighted by atomic mass is 9.92. The smallest absolute Gasteiger partial charge is 0.231 e. The number of fused-ring (bicyclic) bond motifs is 1. The fraction of sp³-hybridized carbons (Fsp3) is 0.571. The first kappa shape index (κ1) is 11.8. The van der Waals surface area contributed by atoms with Crippen molar-refractivity contribution in [2.45, 2.75) is 44.4 Å². The molecule has 2 N–H and O–H groups in total. The molecule has 0 aromatic heterocycles. The lowest BCUT2D eigenvalue weighted by Gasteiger charge is -2.28. The number of para-hydroxylation sites is 1. The van der Waals surface area contributed by atoms with Crippen molar-refractivity contribution in [3.8, 4) is 11.5 Å². The van der Waals surface area contributed by atoms with Gasteiger partial charge in [-0.05, 0) is 18.9 Å². The zero-order valence-corrected chi connectivity index (χ0v) is 10.4. The summed E-state index contributed by atoms with van der Waals surface area (Å²) in [5.74, 6) is 1.66. The zero-order chi connectivity index (χ0) is 12.4. The first-order valence-electron chi connectivity index (χ1n) is 6.63. The summed E-state index contributed by atoms with van der Waals surface area (Å²) < 4.78 is 10.8. The topological polar surface area (TPSA) is 50.7 Å². The molecule has 1 aromatic rings. The molecule has 1 heterocycles. The Morgan fingerprint density at radius 1 is 1.22 bits per heavy atom. The molecule has 0 spiro atoms. The molecule has 1 aliphatic heterocycles. The Morgan fingerprint density at radius 3 is 3.00 bits per heavy atom. The molecule has 0 saturated heterocycles. The molecule has 3 rings (SSSR count). The summed E-state index contributed by atoms with van der Waals surface area (Å²) in [5.41, 5.74) is 1.10. The summed E-state index contributed by atoms with van der Waals surface area (Å²) in [4.78, 5) is 0. The summed E-state index contributed by atoms with van der Waals surface area (Å²) in [6.45, 7) is 1.02. The van der Waals surface area contributed by atoms with Crippen molar-refractivity contribution in [1.82, 2.24) is 5.32 Å². The number of aliphatic hydroxyl groups excluding tert-OH is 1. The third kappa shape index (κ3) is 2.31. The molecule has 2 atom stereocenters. The molecule has 2 unspecified atom stereocenters. The van der Waals surface area contributed by atoms with Crippen LogP contribution in [-0.2, 0) is 6.54 Å². The Balaban J connectivity index is 1.65. The van der Waals surface area contributed by atoms with E-state index < -0.39 is 0 Å². The highest BCUT2D eigenvalue weighted by Crippen LogP contribution is 2.35. The van der Waals surface area contributed by atoms with Gasteiger partial charge in [0, 0.05) is 18.2 Å². The molecule has 1 saturated carbocycles. The predicted molar refractivity (Wildman–Crippen MR) is 67.7 cm³/mol. The van der Waals surface area contributed by atoms with E-state index in [0.29, 0.717) is 13.3 Å². The third-order valence-electron chi connectivity index (χ3n) is 3.76. The standard InChI is InChI=1S/C14H19NO3/c16-12-6-2-1-5-11(12)15-8-10-4-3-7-13-14(10)18-9-17-13/h3-4,7,11-12,15-16H,1-2,5-6,8-9H2. The van der Waals surface area contributed by atoms with Crippen molar-refractivity contribution in [3.05, 3.63) is 23.8 Å². The summed E-state index contributed by atoms with van der Waals surface area (Å²) in [5, 5.41) is 13.4. The maximum Gasteiger partial charge on any atom is 0.231 e. The molecule has 1 aromatic carbocycles. The Bertz CT molecular complexity index is 422. The van der Waals surface area contributed by atoms with E-state index >= 15 is 0 Å². The van der Waals surface area contributed by atoms with Crippen molar-refractivity contribution in [2.24, 2.45) is 0 Å². The minimum Gasteiger partial charge on any atom is -0.454 e. The average molecular weight is 249 g/mol. The summed E-state index contributed by atoms with van der Waals surface area (Å²) in [7, 11) is 0. The highest BCUT2D eigenvalue weighted by Gasteiger charge is 2.23. The van der Waals surface area contributed by atoms with Crippen LogP contribution in [0.5, 0.6) is 11.5 Å². The minimum atomic E-state index is -0.215. The van der Waals surface area contributed by atoms with Crippen LogP contribution in [0.4, 0.5) is 0 Å². The fourth-order valence-corrected chi connectivity index (χ4v) is 2.72. The quantitative estimate of drug-likeness (QED) is 0.857. The summed E-state index contributed by atoms with van der Waals surface area (Å²) in [6.07, 6.45) is 4.07. The zero-order valence-electron chi connectivity index (χ0n) is 10.4. The second-order valence-electron chi connectivity index (χ2n) is 4.99. The minimum absolute atomic E-state index is 0.205. The van der Waals surface area contributed by atoms with Crippen LogP contribution in [-0.4, -0.2) is 24.0 Å². The van der Waals surface area contributed by atoms with Crippen molar-refractivity contribution in [2.75, 3.05) is 6.79 Å². The van der Waals surface area contributed by atoms with Gasteiger partial charge in [-0.2, -0.15) is 0 Å². The van der Waals surface area contributed by atoms with E-state index in [2.05, 4.69) is 5.32 Å². The van der Waals surface area contributed by atoms with Gasteiger partial charge in [-0.25, -0.2) is 0 Å². The molecular formula is C14H19NO3. The van der Waals surface area contributed by atoms with Crippen molar-refractivity contribution in [3.63, 3.8) is 0 Å². The monoisotopic (exact) mass is 249 g/mol. The Morgan fingerprint density at radius 2 is 2.11 bits per heavy atom. The molecule has 18 heavy (non-hydrogen) atoms. The van der Waals surface area contributed by atoms with E-state index in [1.54, 1.807) is 0 Å². The second kappa shape index (κ2) is 5.16. The molecule has 4 heteroatoms. The van der Waals surface area contributed by atoms with Gasteiger partial charge >= 0.3 is 0 Å². The van der Waals surface area contributed by atoms with Gasteiger partial charge in [0.2, 0.25) is 6.79 Å². The molecule has 0 amide bonds. The van der Waals surface area contributed by atoms with E-state index in [0.717, 1.165) is 36.3 Å². The van der Waals surface area contributed by atoms with E-state index in [1.165, 1.54) is 6.42 Å². The molecule has 1 fully saturated rings. The lowest BCUT2D eigenvalue weighted by Crippen LogP contribution is -2.41. The number of nitrogens with one attached hydrogen (secondary N) is 1. The first-order valence-corrected chi connectivity index (χ1v) is 6.63. The number of rotatable bonds is 3. The van der Waals surface area contributed by atoms with Gasteiger partial charge in [-0.3, -0.25) is 0 Å². The maximum absolute atomic E-state index is 9.92. The maximum atomic E-state index is 9.92. The van der Waals surface area contributed by atoms with Crippen molar-refractivity contribution >= 4 is 0 Å². The van der Waals surface area contributed by atoms with Crippen LogP contribution in [0.3, 0.4) is 0 Å². The third-order valence-corrected chi connectivity index (χ3v) is 3.76. The van der Waals surface area contributed by atoms with Crippen LogP contribution in [0, 0.1) is 0 Å². The summed E-state index contributed by atoms with van der Waals surface area (Å²) in [6, 6.07) is 6.13. The van der Waals surface area contributed by atoms with Crippen LogP contribution < -0.4 is 14.8 Å². The van der Waals surface area contributed by atoms with Gasteiger partial charge in [0.15, 0.2) is 11.5 Å². The second-order valence-corrected chi connectivity index (χ2v) is 4.99. The van der Waals surface area contributed by atoms with Crippen LogP contribution in [0.15, 0.2) is 18.2 Å². The molecule has 0 bridgehead atoms. The number of ether oxygens (including phenoxy) is 2. The average Bonchev–Trinajstić information content (AvgIpc) is 2.86. The van der Waals surface area contributed by atoms with Gasteiger partial charge in [-0.1, -0.05) is 25.0 Å². The van der Waals surface area contributed by atoms with E-state index in [1.807, 2.05) is 18.2 Å². The Hall–Kier alpha value is -1.26. The number of aliphatic hydroxyl groups is 1. The number of hydrogen-bond donors (Lipinski definition) is 2. The van der Waals surface area contributed by atoms with Gasteiger partial charge in [0.25, 0.3) is 0 Å². The molecule has 4 nitrogen and oxygen atoms in total. The summed E-state index contributed by atoms with van der Waals surface area (Å²) >= 11 is 0. The molecule has 0 radical (unpaired) electrons. The van der Waals surface area contributed by atoms with Crippen LogP contribution in [0.2, 0.25) is 0 Å². The van der Waals surface area contributed by atoms with Gasteiger partial charge < -0.3 is 19.9 Å². The highest BCUT2D eigenvalue weighted by molar-refractivity contribution is 5.48. The fourth-order valence-electron chi connectivity index (χ4n) is 2.72. The van der Waals surface area contributed by atoms with E-state index in [4.69, 9.17) is 9.47 Å². The molecular weight excluding hydrogens is 230 g/mol. The number of hydrogen-bond acceptors (Lipinski definition) is 4. The number of benzene rings is 1. The normalized spacial score (nSPS) is 26.3. The first-order chi connectivity index (χ1) is 8.84. The van der Waals surface area contributed by atoms with E-state index in [-0.39, 0.29) is 12.1 Å². The Labute approximate surface area is 107 Å². The Kier molecular flexibility index (Phi) is 3.39. The SMILES string of the molecule is OC1CCCCC1NCc1cccc2c1OCO2. The van der Waals surface area contributed by atoms with Gasteiger partial charge in [0.1, 0.15) is 0 Å². The van der Waals surface area contributed by atoms with Gasteiger partial charge in [-0.15, -0.1) is 0 Å². The molecule has 98 valence electrons. The molecule has 2 aliphatic rings.